The van der Waals surface area contributed by atoms with Crippen LogP contribution in [-0.4, -0.2) is 51.0 Å². The van der Waals surface area contributed by atoms with E-state index < -0.39 is 0 Å². The van der Waals surface area contributed by atoms with E-state index in [9.17, 15) is 0 Å². The van der Waals surface area contributed by atoms with E-state index in [-0.39, 0.29) is 5.41 Å². The fourth-order valence-electron chi connectivity index (χ4n) is 3.97. The zero-order valence-electron chi connectivity index (χ0n) is 12.8. The first-order chi connectivity index (χ1) is 9.63. The molecule has 0 spiro atoms. The van der Waals surface area contributed by atoms with E-state index >= 15 is 0 Å². The second-order valence-corrected chi connectivity index (χ2v) is 6.79. The van der Waals surface area contributed by atoms with Gasteiger partial charge in [0.25, 0.3) is 0 Å². The van der Waals surface area contributed by atoms with Crippen molar-refractivity contribution in [1.82, 2.24) is 10.6 Å². The molecule has 1 saturated carbocycles. The summed E-state index contributed by atoms with van der Waals surface area (Å²) in [5.41, 5.74) is 0.189. The van der Waals surface area contributed by atoms with Crippen molar-refractivity contribution in [2.75, 3.05) is 26.9 Å². The molecule has 0 aromatic rings. The summed E-state index contributed by atoms with van der Waals surface area (Å²) in [5, 5.41) is 7.17. The quantitative estimate of drug-likeness (QED) is 0.589. The average Bonchev–Trinajstić information content (AvgIpc) is 2.91. The third kappa shape index (κ3) is 2.42. The normalized spacial score (nSPS) is 37.1. The van der Waals surface area contributed by atoms with Gasteiger partial charge in [-0.1, -0.05) is 13.8 Å². The lowest BCUT2D eigenvalue weighted by Crippen LogP contribution is -2.68. The third-order valence-electron chi connectivity index (χ3n) is 5.18. The highest BCUT2D eigenvalue weighted by molar-refractivity contribution is 5.80. The molecule has 0 aromatic heterocycles. The number of ether oxygens (including phenoxy) is 2. The molecule has 0 radical (unpaired) electrons. The van der Waals surface area contributed by atoms with Gasteiger partial charge in [-0.3, -0.25) is 4.99 Å². The topological polar surface area (TPSA) is 54.9 Å². The summed E-state index contributed by atoms with van der Waals surface area (Å²) in [6.07, 6.45) is 3.70. The summed E-state index contributed by atoms with van der Waals surface area (Å²) in [7, 11) is 1.85. The highest BCUT2D eigenvalue weighted by atomic mass is 16.5. The summed E-state index contributed by atoms with van der Waals surface area (Å²) in [6, 6.07) is 0.940. The van der Waals surface area contributed by atoms with E-state index in [1.54, 1.807) is 0 Å². The number of hydrogen-bond donors (Lipinski definition) is 2. The molecule has 114 valence electrons. The van der Waals surface area contributed by atoms with Gasteiger partial charge in [0.1, 0.15) is 0 Å². The van der Waals surface area contributed by atoms with Crippen molar-refractivity contribution in [3.05, 3.63) is 0 Å². The van der Waals surface area contributed by atoms with Gasteiger partial charge in [0.05, 0.1) is 6.10 Å². The largest absolute Gasteiger partial charge is 0.381 e. The van der Waals surface area contributed by atoms with Crippen molar-refractivity contribution in [2.45, 2.75) is 51.3 Å². The molecule has 2 N–H and O–H groups in total. The summed E-state index contributed by atoms with van der Waals surface area (Å²) in [5.74, 6) is 1.57. The lowest BCUT2D eigenvalue weighted by Gasteiger charge is -2.55. The maximum atomic E-state index is 5.85. The van der Waals surface area contributed by atoms with E-state index in [2.05, 4.69) is 29.5 Å². The molecule has 5 nitrogen and oxygen atoms in total. The Labute approximate surface area is 121 Å². The summed E-state index contributed by atoms with van der Waals surface area (Å²) >= 11 is 0. The second kappa shape index (κ2) is 5.53. The first-order valence-corrected chi connectivity index (χ1v) is 7.82. The lowest BCUT2D eigenvalue weighted by atomic mass is 9.57. The van der Waals surface area contributed by atoms with Gasteiger partial charge >= 0.3 is 0 Å². The van der Waals surface area contributed by atoms with Crippen LogP contribution in [0.2, 0.25) is 0 Å². The van der Waals surface area contributed by atoms with Crippen LogP contribution in [0.1, 0.15) is 33.1 Å². The van der Waals surface area contributed by atoms with Crippen molar-refractivity contribution in [3.63, 3.8) is 0 Å². The lowest BCUT2D eigenvalue weighted by molar-refractivity contribution is -0.106. The van der Waals surface area contributed by atoms with E-state index in [4.69, 9.17) is 9.47 Å². The van der Waals surface area contributed by atoms with Crippen LogP contribution >= 0.6 is 0 Å². The van der Waals surface area contributed by atoms with E-state index in [0.29, 0.717) is 24.1 Å². The number of nitrogens with zero attached hydrogens (tertiary/aromatic N) is 1. The van der Waals surface area contributed by atoms with E-state index in [1.807, 2.05) is 7.05 Å². The van der Waals surface area contributed by atoms with Gasteiger partial charge in [-0.05, 0) is 19.3 Å². The molecule has 3 rings (SSSR count). The van der Waals surface area contributed by atoms with Gasteiger partial charge in [-0.2, -0.15) is 0 Å². The Morgan fingerprint density at radius 2 is 1.85 bits per heavy atom. The molecule has 3 aliphatic rings. The van der Waals surface area contributed by atoms with Gasteiger partial charge in [-0.25, -0.2) is 0 Å². The SMILES string of the molecule is CN=C(NC1CCOCC1)NC1C2CCOC2C1(C)C. The maximum Gasteiger partial charge on any atom is 0.191 e. The van der Waals surface area contributed by atoms with Crippen LogP contribution in [0.15, 0.2) is 4.99 Å². The Morgan fingerprint density at radius 1 is 1.10 bits per heavy atom. The predicted molar refractivity (Wildman–Crippen MR) is 78.9 cm³/mol. The highest BCUT2D eigenvalue weighted by Crippen LogP contribution is 2.52. The fraction of sp³-hybridized carbons (Fsp3) is 0.933. The van der Waals surface area contributed by atoms with Crippen LogP contribution in [0.4, 0.5) is 0 Å². The Balaban J connectivity index is 1.58. The number of nitrogens with one attached hydrogen (secondary N) is 2. The molecular weight excluding hydrogens is 254 g/mol. The molecule has 1 aliphatic carbocycles. The van der Waals surface area contributed by atoms with Crippen molar-refractivity contribution in [3.8, 4) is 0 Å². The number of guanidine groups is 1. The Morgan fingerprint density at radius 3 is 2.55 bits per heavy atom. The molecule has 0 amide bonds. The smallest absolute Gasteiger partial charge is 0.191 e. The molecule has 3 unspecified atom stereocenters. The van der Waals surface area contributed by atoms with Gasteiger partial charge in [0, 0.05) is 50.3 Å². The van der Waals surface area contributed by atoms with Crippen LogP contribution in [0, 0.1) is 11.3 Å². The van der Waals surface area contributed by atoms with Crippen molar-refractivity contribution < 1.29 is 9.47 Å². The van der Waals surface area contributed by atoms with Gasteiger partial charge < -0.3 is 20.1 Å². The molecule has 3 fully saturated rings. The van der Waals surface area contributed by atoms with Crippen LogP contribution < -0.4 is 10.6 Å². The van der Waals surface area contributed by atoms with Gasteiger partial charge in [-0.15, -0.1) is 0 Å². The number of rotatable bonds is 2. The molecule has 2 aliphatic heterocycles. The zero-order valence-corrected chi connectivity index (χ0v) is 12.8. The molecule has 0 aromatic carbocycles. The summed E-state index contributed by atoms with van der Waals surface area (Å²) in [6.45, 7) is 7.19. The fourth-order valence-corrected chi connectivity index (χ4v) is 3.97. The first kappa shape index (κ1) is 14.1. The molecule has 5 heteroatoms. The second-order valence-electron chi connectivity index (χ2n) is 6.79. The van der Waals surface area contributed by atoms with Crippen molar-refractivity contribution in [2.24, 2.45) is 16.3 Å². The van der Waals surface area contributed by atoms with Gasteiger partial charge in [0.2, 0.25) is 0 Å². The Hall–Kier alpha value is -0.810. The monoisotopic (exact) mass is 281 g/mol. The molecular formula is C15H27N3O2. The molecule has 3 atom stereocenters. The standard InChI is InChI=1S/C15H27N3O2/c1-15(2)12(11-6-9-20-13(11)15)18-14(16-3)17-10-4-7-19-8-5-10/h10-13H,4-9H2,1-3H3,(H2,16,17,18). The third-order valence-corrected chi connectivity index (χ3v) is 5.18. The number of fused-ring (bicyclic) bond motifs is 1. The molecule has 2 saturated heterocycles. The Kier molecular flexibility index (Phi) is 3.91. The minimum Gasteiger partial charge on any atom is -0.381 e. The van der Waals surface area contributed by atoms with Crippen LogP contribution in [-0.2, 0) is 9.47 Å². The van der Waals surface area contributed by atoms with Crippen LogP contribution in [0.5, 0.6) is 0 Å². The maximum absolute atomic E-state index is 5.85. The predicted octanol–water partition coefficient (Wildman–Crippen LogP) is 1.14. The molecule has 0 bridgehead atoms. The van der Waals surface area contributed by atoms with E-state index in [0.717, 1.165) is 38.6 Å². The zero-order chi connectivity index (χ0) is 14.2. The number of aliphatic imine (C=N–C) groups is 1. The summed E-state index contributed by atoms with van der Waals surface area (Å²) in [4.78, 5) is 4.40. The van der Waals surface area contributed by atoms with Gasteiger partial charge in [0.15, 0.2) is 5.96 Å². The van der Waals surface area contributed by atoms with Crippen LogP contribution in [0.25, 0.3) is 0 Å². The van der Waals surface area contributed by atoms with Crippen LogP contribution in [0.3, 0.4) is 0 Å². The van der Waals surface area contributed by atoms with Crippen molar-refractivity contribution in [1.29, 1.82) is 0 Å². The Bertz CT molecular complexity index is 377. The molecule has 20 heavy (non-hydrogen) atoms. The van der Waals surface area contributed by atoms with E-state index in [1.165, 1.54) is 6.42 Å². The number of hydrogen-bond acceptors (Lipinski definition) is 3. The first-order valence-electron chi connectivity index (χ1n) is 7.82. The van der Waals surface area contributed by atoms with Crippen molar-refractivity contribution >= 4 is 5.96 Å². The average molecular weight is 281 g/mol. The minimum atomic E-state index is 0.189. The minimum absolute atomic E-state index is 0.189. The summed E-state index contributed by atoms with van der Waals surface area (Å²) < 4.78 is 11.2. The molecule has 2 heterocycles. The highest BCUT2D eigenvalue weighted by Gasteiger charge is 2.59.